The molecule has 2 aromatic rings. The Morgan fingerprint density at radius 1 is 1.33 bits per heavy atom. The lowest BCUT2D eigenvalue weighted by atomic mass is 9.90. The number of piperidine rings is 1. The number of aromatic nitrogens is 2. The molecule has 3 rings (SSSR count). The highest BCUT2D eigenvalue weighted by molar-refractivity contribution is 6.33. The van der Waals surface area contributed by atoms with Crippen molar-refractivity contribution in [2.75, 3.05) is 13.1 Å². The van der Waals surface area contributed by atoms with Crippen molar-refractivity contribution in [1.82, 2.24) is 15.1 Å². The first-order valence-corrected chi connectivity index (χ1v) is 8.15. The van der Waals surface area contributed by atoms with Gasteiger partial charge in [-0.25, -0.2) is 0 Å². The third kappa shape index (κ3) is 3.14. The summed E-state index contributed by atoms with van der Waals surface area (Å²) in [5, 5.41) is 16.6. The molecule has 2 N–H and O–H groups in total. The zero-order chi connectivity index (χ0) is 17.3. The van der Waals surface area contributed by atoms with Crippen molar-refractivity contribution in [1.29, 1.82) is 0 Å². The van der Waals surface area contributed by atoms with Crippen LogP contribution in [0.25, 0.3) is 11.3 Å². The molecule has 2 heterocycles. The Morgan fingerprint density at radius 3 is 2.79 bits per heavy atom. The number of hydrogen-bond donors (Lipinski definition) is 2. The Morgan fingerprint density at radius 2 is 2.08 bits per heavy atom. The highest BCUT2D eigenvalue weighted by atomic mass is 35.5. The fourth-order valence-corrected chi connectivity index (χ4v) is 3.41. The number of nitrogens with zero attached hydrogens (tertiary/aromatic N) is 2. The van der Waals surface area contributed by atoms with Crippen LogP contribution in [0.15, 0.2) is 30.5 Å². The predicted molar refractivity (Wildman–Crippen MR) is 89.8 cm³/mol. The van der Waals surface area contributed by atoms with Gasteiger partial charge in [0.2, 0.25) is 0 Å². The van der Waals surface area contributed by atoms with Crippen molar-refractivity contribution in [2.24, 2.45) is 11.8 Å². The van der Waals surface area contributed by atoms with Crippen LogP contribution in [0.3, 0.4) is 0 Å². The first kappa shape index (κ1) is 16.5. The van der Waals surface area contributed by atoms with E-state index in [4.69, 9.17) is 11.6 Å². The number of H-pyrrole nitrogens is 1. The number of benzene rings is 1. The molecule has 6 nitrogen and oxygen atoms in total. The molecule has 0 radical (unpaired) electrons. The van der Waals surface area contributed by atoms with Gasteiger partial charge in [-0.2, -0.15) is 5.10 Å². The minimum Gasteiger partial charge on any atom is -0.481 e. The van der Waals surface area contributed by atoms with Gasteiger partial charge in [0.1, 0.15) is 0 Å². The number of halogens is 1. The van der Waals surface area contributed by atoms with Crippen LogP contribution in [0, 0.1) is 11.8 Å². The third-order valence-corrected chi connectivity index (χ3v) is 4.64. The molecule has 0 saturated carbocycles. The van der Waals surface area contributed by atoms with Crippen LogP contribution < -0.4 is 0 Å². The number of carboxylic acid groups (broad SMARTS) is 1. The van der Waals surface area contributed by atoms with Crippen LogP contribution in [0.2, 0.25) is 5.02 Å². The fraction of sp³-hybridized carbons (Fsp3) is 0.353. The summed E-state index contributed by atoms with van der Waals surface area (Å²) in [6, 6.07) is 7.20. The van der Waals surface area contributed by atoms with Crippen LogP contribution in [0.5, 0.6) is 0 Å². The molecule has 1 amide bonds. The van der Waals surface area contributed by atoms with E-state index in [2.05, 4.69) is 10.2 Å². The van der Waals surface area contributed by atoms with E-state index in [1.54, 1.807) is 11.0 Å². The summed E-state index contributed by atoms with van der Waals surface area (Å²) in [4.78, 5) is 25.8. The summed E-state index contributed by atoms with van der Waals surface area (Å²) in [5.74, 6) is -1.48. The molecule has 1 saturated heterocycles. The second kappa shape index (κ2) is 6.65. The molecule has 2 unspecified atom stereocenters. The first-order chi connectivity index (χ1) is 11.5. The summed E-state index contributed by atoms with van der Waals surface area (Å²) < 4.78 is 0. The zero-order valence-corrected chi connectivity index (χ0v) is 14.0. The van der Waals surface area contributed by atoms with Gasteiger partial charge in [-0.05, 0) is 18.4 Å². The molecule has 0 aliphatic carbocycles. The molecular weight excluding hydrogens is 330 g/mol. The van der Waals surface area contributed by atoms with Gasteiger partial charge in [-0.15, -0.1) is 0 Å². The van der Waals surface area contributed by atoms with E-state index >= 15 is 0 Å². The van der Waals surface area contributed by atoms with E-state index in [0.717, 1.165) is 0 Å². The van der Waals surface area contributed by atoms with Gasteiger partial charge in [-0.1, -0.05) is 36.7 Å². The summed E-state index contributed by atoms with van der Waals surface area (Å²) in [6.07, 6.45) is 2.05. The van der Waals surface area contributed by atoms with Crippen molar-refractivity contribution in [3.05, 3.63) is 41.0 Å². The lowest BCUT2D eigenvalue weighted by Gasteiger charge is -2.34. The number of amides is 1. The van der Waals surface area contributed by atoms with Gasteiger partial charge in [0.25, 0.3) is 5.91 Å². The number of carbonyl (C=O) groups is 2. The number of carbonyl (C=O) groups excluding carboxylic acids is 1. The molecule has 0 bridgehead atoms. The van der Waals surface area contributed by atoms with Crippen LogP contribution in [-0.2, 0) is 4.79 Å². The zero-order valence-electron chi connectivity index (χ0n) is 13.2. The summed E-state index contributed by atoms with van der Waals surface area (Å²) in [7, 11) is 0. The number of hydrogen-bond acceptors (Lipinski definition) is 3. The maximum absolute atomic E-state index is 12.9. The van der Waals surface area contributed by atoms with E-state index in [1.165, 1.54) is 6.20 Å². The molecule has 1 fully saturated rings. The Bertz CT molecular complexity index is 774. The van der Waals surface area contributed by atoms with E-state index in [1.807, 2.05) is 25.1 Å². The third-order valence-electron chi connectivity index (χ3n) is 4.31. The second-order valence-corrected chi connectivity index (χ2v) is 6.63. The molecule has 0 spiro atoms. The molecule has 1 aliphatic rings. The minimum absolute atomic E-state index is 0.138. The maximum atomic E-state index is 12.9. The average molecular weight is 348 g/mol. The topological polar surface area (TPSA) is 86.3 Å². The van der Waals surface area contributed by atoms with Crippen LogP contribution in [0.1, 0.15) is 23.7 Å². The molecular formula is C17H18ClN3O3. The molecule has 1 aliphatic heterocycles. The summed E-state index contributed by atoms with van der Waals surface area (Å²) in [6.45, 7) is 2.71. The van der Waals surface area contributed by atoms with Crippen LogP contribution >= 0.6 is 11.6 Å². The highest BCUT2D eigenvalue weighted by Crippen LogP contribution is 2.30. The number of rotatable bonds is 3. The average Bonchev–Trinajstić information content (AvgIpc) is 3.03. The number of aromatic amines is 1. The van der Waals surface area contributed by atoms with E-state index in [0.29, 0.717) is 34.8 Å². The van der Waals surface area contributed by atoms with Crippen molar-refractivity contribution >= 4 is 23.5 Å². The van der Waals surface area contributed by atoms with Crippen molar-refractivity contribution in [3.63, 3.8) is 0 Å². The Hall–Kier alpha value is -2.34. The molecule has 1 aromatic heterocycles. The quantitative estimate of drug-likeness (QED) is 0.893. The minimum atomic E-state index is -0.863. The Balaban J connectivity index is 1.90. The van der Waals surface area contributed by atoms with Crippen molar-refractivity contribution < 1.29 is 14.7 Å². The molecule has 126 valence electrons. The van der Waals surface area contributed by atoms with Crippen molar-refractivity contribution in [2.45, 2.75) is 13.3 Å². The van der Waals surface area contributed by atoms with Gasteiger partial charge < -0.3 is 10.0 Å². The van der Waals surface area contributed by atoms with E-state index in [9.17, 15) is 14.7 Å². The lowest BCUT2D eigenvalue weighted by Crippen LogP contribution is -2.45. The van der Waals surface area contributed by atoms with Gasteiger partial charge in [0.05, 0.1) is 23.4 Å². The van der Waals surface area contributed by atoms with E-state index in [-0.39, 0.29) is 18.4 Å². The Labute approximate surface area is 144 Å². The van der Waals surface area contributed by atoms with Gasteiger partial charge in [-0.3, -0.25) is 14.7 Å². The fourth-order valence-electron chi connectivity index (χ4n) is 3.18. The van der Waals surface area contributed by atoms with Gasteiger partial charge in [0.15, 0.2) is 0 Å². The summed E-state index contributed by atoms with van der Waals surface area (Å²) in [5.41, 5.74) is 1.65. The van der Waals surface area contributed by atoms with Crippen LogP contribution in [-0.4, -0.2) is 45.2 Å². The van der Waals surface area contributed by atoms with Crippen LogP contribution in [0.4, 0.5) is 0 Å². The predicted octanol–water partition coefficient (Wildman–Crippen LogP) is 2.91. The van der Waals surface area contributed by atoms with E-state index < -0.39 is 11.9 Å². The smallest absolute Gasteiger partial charge is 0.308 e. The number of aliphatic carboxylic acids is 1. The highest BCUT2D eigenvalue weighted by Gasteiger charge is 2.33. The van der Waals surface area contributed by atoms with Crippen molar-refractivity contribution in [3.8, 4) is 11.3 Å². The number of carboxylic acids is 1. The maximum Gasteiger partial charge on any atom is 0.308 e. The number of likely N-dealkylation sites (tertiary alicyclic amines) is 1. The first-order valence-electron chi connectivity index (χ1n) is 7.77. The lowest BCUT2D eigenvalue weighted by molar-refractivity contribution is -0.143. The second-order valence-electron chi connectivity index (χ2n) is 6.22. The normalized spacial score (nSPS) is 20.8. The standard InChI is InChI=1S/C17H18ClN3O3/c1-10-6-11(17(23)24)9-21(8-10)16(22)13-7-19-20-15(13)12-4-2-3-5-14(12)18/h2-5,7,10-11H,6,8-9H2,1H3,(H,19,20)(H,23,24). The largest absolute Gasteiger partial charge is 0.481 e. The number of nitrogens with one attached hydrogen (secondary N) is 1. The Kier molecular flexibility index (Phi) is 4.57. The molecule has 2 atom stereocenters. The SMILES string of the molecule is CC1CC(C(=O)O)CN(C(=O)c2cn[nH]c2-c2ccccc2Cl)C1. The molecule has 7 heteroatoms. The molecule has 1 aromatic carbocycles. The van der Waals surface area contributed by atoms with Gasteiger partial charge >= 0.3 is 5.97 Å². The van der Waals surface area contributed by atoms with Gasteiger partial charge in [0, 0.05) is 23.7 Å². The monoisotopic (exact) mass is 347 g/mol. The summed E-state index contributed by atoms with van der Waals surface area (Å²) >= 11 is 6.22. The molecule has 24 heavy (non-hydrogen) atoms.